The molecule has 0 unspecified atom stereocenters. The summed E-state index contributed by atoms with van der Waals surface area (Å²) in [4.78, 5) is 36.7. The summed E-state index contributed by atoms with van der Waals surface area (Å²) in [5, 5.41) is 2.58. The number of methoxy groups -OCH3 is 2. The average Bonchev–Trinajstić information content (AvgIpc) is 2.83. The van der Waals surface area contributed by atoms with Crippen molar-refractivity contribution >= 4 is 33.6 Å². The molecule has 0 aliphatic carbocycles. The Kier molecular flexibility index (Phi) is 7.26. The Balaban J connectivity index is 1.84. The number of nitrogens with zero attached hydrogens (tertiary/aromatic N) is 1. The number of nitrogens with one attached hydrogen (secondary N) is 1. The van der Waals surface area contributed by atoms with Crippen molar-refractivity contribution < 1.29 is 32.3 Å². The number of anilines is 1. The van der Waals surface area contributed by atoms with Gasteiger partial charge in [0.2, 0.25) is 10.0 Å². The van der Waals surface area contributed by atoms with E-state index in [0.29, 0.717) is 13.1 Å². The molecule has 1 saturated heterocycles. The van der Waals surface area contributed by atoms with Crippen LogP contribution in [0.25, 0.3) is 0 Å². The second-order valence-electron chi connectivity index (χ2n) is 7.19. The second kappa shape index (κ2) is 9.92. The molecule has 0 atom stereocenters. The van der Waals surface area contributed by atoms with Crippen molar-refractivity contribution in [1.82, 2.24) is 4.31 Å². The predicted octanol–water partition coefficient (Wildman–Crippen LogP) is 2.69. The van der Waals surface area contributed by atoms with Crippen LogP contribution >= 0.6 is 0 Å². The molecule has 1 aliphatic rings. The van der Waals surface area contributed by atoms with E-state index in [1.54, 1.807) is 0 Å². The lowest BCUT2D eigenvalue weighted by Gasteiger charge is -2.25. The first-order valence-corrected chi connectivity index (χ1v) is 11.4. The predicted molar refractivity (Wildman–Crippen MR) is 116 cm³/mol. The van der Waals surface area contributed by atoms with Crippen LogP contribution in [0.1, 0.15) is 50.3 Å². The van der Waals surface area contributed by atoms with Crippen molar-refractivity contribution in [3.05, 3.63) is 59.2 Å². The Morgan fingerprint density at radius 2 is 1.44 bits per heavy atom. The van der Waals surface area contributed by atoms with Gasteiger partial charge in [-0.2, -0.15) is 4.31 Å². The molecule has 32 heavy (non-hydrogen) atoms. The van der Waals surface area contributed by atoms with Crippen LogP contribution in [-0.2, 0) is 19.5 Å². The van der Waals surface area contributed by atoms with Crippen LogP contribution in [-0.4, -0.2) is 57.9 Å². The Hall–Kier alpha value is -3.24. The van der Waals surface area contributed by atoms with Gasteiger partial charge in [0, 0.05) is 18.7 Å². The number of benzene rings is 2. The van der Waals surface area contributed by atoms with Gasteiger partial charge in [0.1, 0.15) is 0 Å². The van der Waals surface area contributed by atoms with E-state index in [1.807, 2.05) is 0 Å². The zero-order valence-electron chi connectivity index (χ0n) is 17.8. The molecule has 0 radical (unpaired) electrons. The summed E-state index contributed by atoms with van der Waals surface area (Å²) in [6.07, 6.45) is 2.66. The third-order valence-electron chi connectivity index (χ3n) is 5.16. The fourth-order valence-corrected chi connectivity index (χ4v) is 4.92. The lowest BCUT2D eigenvalue weighted by atomic mass is 10.1. The Labute approximate surface area is 186 Å². The van der Waals surface area contributed by atoms with E-state index in [-0.39, 0.29) is 27.3 Å². The van der Waals surface area contributed by atoms with Crippen LogP contribution < -0.4 is 5.32 Å². The van der Waals surface area contributed by atoms with E-state index in [1.165, 1.54) is 61.0 Å². The molecule has 0 aromatic heterocycles. The molecule has 10 heteroatoms. The number of carbonyl (C=O) groups excluding carboxylic acids is 3. The van der Waals surface area contributed by atoms with Crippen LogP contribution in [0.15, 0.2) is 47.4 Å². The van der Waals surface area contributed by atoms with Gasteiger partial charge in [0.15, 0.2) is 0 Å². The molecule has 0 saturated carbocycles. The van der Waals surface area contributed by atoms with Crippen molar-refractivity contribution in [2.75, 3.05) is 32.6 Å². The molecule has 0 bridgehead atoms. The summed E-state index contributed by atoms with van der Waals surface area (Å²) < 4.78 is 36.4. The van der Waals surface area contributed by atoms with Crippen LogP contribution in [0.4, 0.5) is 5.69 Å². The lowest BCUT2D eigenvalue weighted by molar-refractivity contribution is 0.0587. The minimum Gasteiger partial charge on any atom is -0.465 e. The normalized spacial score (nSPS) is 14.4. The minimum atomic E-state index is -3.61. The third-order valence-corrected chi connectivity index (χ3v) is 7.08. The largest absolute Gasteiger partial charge is 0.465 e. The van der Waals surface area contributed by atoms with Gasteiger partial charge >= 0.3 is 11.9 Å². The minimum absolute atomic E-state index is 0.0535. The summed E-state index contributed by atoms with van der Waals surface area (Å²) in [6.45, 7) is 0.967. The van der Waals surface area contributed by atoms with Crippen LogP contribution in [0.5, 0.6) is 0 Å². The van der Waals surface area contributed by atoms with E-state index in [2.05, 4.69) is 10.1 Å². The van der Waals surface area contributed by atoms with Gasteiger partial charge in [-0.25, -0.2) is 18.0 Å². The third kappa shape index (κ3) is 4.97. The summed E-state index contributed by atoms with van der Waals surface area (Å²) in [5.74, 6) is -1.91. The number of piperidine rings is 1. The standard InChI is InChI=1S/C22H24N2O7S/c1-30-21(26)16-8-11-18(22(27)31-2)19(14-16)23-20(25)15-6-9-17(10-7-15)32(28,29)24-12-4-3-5-13-24/h6-11,14H,3-5,12-13H2,1-2H3,(H,23,25). The van der Waals surface area contributed by atoms with Gasteiger partial charge in [-0.15, -0.1) is 0 Å². The van der Waals surface area contributed by atoms with E-state index >= 15 is 0 Å². The fourth-order valence-electron chi connectivity index (χ4n) is 3.41. The van der Waals surface area contributed by atoms with Crippen LogP contribution in [0, 0.1) is 0 Å². The van der Waals surface area contributed by atoms with Crippen molar-refractivity contribution in [1.29, 1.82) is 0 Å². The summed E-state index contributed by atoms with van der Waals surface area (Å²) in [7, 11) is -1.20. The SMILES string of the molecule is COC(=O)c1ccc(C(=O)OC)c(NC(=O)c2ccc(S(=O)(=O)N3CCCCC3)cc2)c1. The first-order valence-electron chi connectivity index (χ1n) is 10.00. The number of esters is 2. The van der Waals surface area contributed by atoms with Gasteiger partial charge in [-0.1, -0.05) is 6.42 Å². The van der Waals surface area contributed by atoms with Gasteiger partial charge in [0.05, 0.1) is 35.9 Å². The molecule has 1 heterocycles. The van der Waals surface area contributed by atoms with E-state index in [0.717, 1.165) is 19.3 Å². The maximum absolute atomic E-state index is 12.8. The fraction of sp³-hybridized carbons (Fsp3) is 0.318. The molecule has 1 amide bonds. The van der Waals surface area contributed by atoms with Gasteiger partial charge in [-0.05, 0) is 55.3 Å². The molecule has 3 rings (SSSR count). The summed E-state index contributed by atoms with van der Waals surface area (Å²) in [5.41, 5.74) is 0.438. The quantitative estimate of drug-likeness (QED) is 0.658. The van der Waals surface area contributed by atoms with Crippen LogP contribution in [0.2, 0.25) is 0 Å². The number of ether oxygens (including phenoxy) is 2. The summed E-state index contributed by atoms with van der Waals surface area (Å²) in [6, 6.07) is 9.60. The highest BCUT2D eigenvalue weighted by Crippen LogP contribution is 2.23. The zero-order valence-corrected chi connectivity index (χ0v) is 18.6. The Morgan fingerprint density at radius 3 is 2.03 bits per heavy atom. The van der Waals surface area contributed by atoms with Crippen molar-refractivity contribution in [2.45, 2.75) is 24.2 Å². The Bertz CT molecular complexity index is 1120. The van der Waals surface area contributed by atoms with Gasteiger partial charge < -0.3 is 14.8 Å². The molecule has 170 valence electrons. The van der Waals surface area contributed by atoms with E-state index < -0.39 is 27.9 Å². The number of hydrogen-bond acceptors (Lipinski definition) is 7. The second-order valence-corrected chi connectivity index (χ2v) is 9.12. The number of sulfonamides is 1. The summed E-state index contributed by atoms with van der Waals surface area (Å²) >= 11 is 0. The number of amides is 1. The monoisotopic (exact) mass is 460 g/mol. The molecular weight excluding hydrogens is 436 g/mol. The molecular formula is C22H24N2O7S. The maximum atomic E-state index is 12.8. The highest BCUT2D eigenvalue weighted by Gasteiger charge is 2.26. The first-order chi connectivity index (χ1) is 15.3. The van der Waals surface area contributed by atoms with Gasteiger partial charge in [0.25, 0.3) is 5.91 Å². The van der Waals surface area contributed by atoms with Crippen molar-refractivity contribution in [3.8, 4) is 0 Å². The first kappa shape index (κ1) is 23.4. The molecule has 2 aromatic rings. The molecule has 9 nitrogen and oxygen atoms in total. The van der Waals surface area contributed by atoms with E-state index in [9.17, 15) is 22.8 Å². The molecule has 1 fully saturated rings. The Morgan fingerprint density at radius 1 is 0.844 bits per heavy atom. The smallest absolute Gasteiger partial charge is 0.339 e. The number of hydrogen-bond donors (Lipinski definition) is 1. The zero-order chi connectivity index (χ0) is 23.3. The maximum Gasteiger partial charge on any atom is 0.339 e. The van der Waals surface area contributed by atoms with Gasteiger partial charge in [-0.3, -0.25) is 4.79 Å². The van der Waals surface area contributed by atoms with E-state index in [4.69, 9.17) is 4.74 Å². The highest BCUT2D eigenvalue weighted by molar-refractivity contribution is 7.89. The highest BCUT2D eigenvalue weighted by atomic mass is 32.2. The molecule has 1 N–H and O–H groups in total. The number of rotatable bonds is 6. The van der Waals surface area contributed by atoms with Crippen LogP contribution in [0.3, 0.4) is 0 Å². The van der Waals surface area contributed by atoms with Crippen molar-refractivity contribution in [3.63, 3.8) is 0 Å². The molecule has 2 aromatic carbocycles. The van der Waals surface area contributed by atoms with Crippen molar-refractivity contribution in [2.24, 2.45) is 0 Å². The topological polar surface area (TPSA) is 119 Å². The number of carbonyl (C=O) groups is 3. The molecule has 1 aliphatic heterocycles. The lowest BCUT2D eigenvalue weighted by Crippen LogP contribution is -2.35. The molecule has 0 spiro atoms. The average molecular weight is 461 g/mol.